The second-order valence-electron chi connectivity index (χ2n) is 7.54. The molecule has 0 aromatic heterocycles. The molecule has 5 fully saturated rings. The van der Waals surface area contributed by atoms with Gasteiger partial charge in [0.05, 0.1) is 0 Å². The van der Waals surface area contributed by atoms with Gasteiger partial charge >= 0.3 is 0 Å². The van der Waals surface area contributed by atoms with E-state index in [4.69, 9.17) is 5.73 Å². The predicted molar refractivity (Wildman–Crippen MR) is 65.9 cm³/mol. The summed E-state index contributed by atoms with van der Waals surface area (Å²) < 4.78 is 0. The van der Waals surface area contributed by atoms with Gasteiger partial charge < -0.3 is 5.73 Å². The Bertz CT molecular complexity index is 262. The second-order valence-corrected chi connectivity index (χ2v) is 7.54. The molecule has 5 aliphatic carbocycles. The van der Waals surface area contributed by atoms with E-state index in [1.807, 2.05) is 0 Å². The summed E-state index contributed by atoms with van der Waals surface area (Å²) in [7, 11) is 0. The highest BCUT2D eigenvalue weighted by molar-refractivity contribution is 5.11. The van der Waals surface area contributed by atoms with Crippen LogP contribution in [0.4, 0.5) is 0 Å². The van der Waals surface area contributed by atoms with Crippen molar-refractivity contribution < 1.29 is 0 Å². The van der Waals surface area contributed by atoms with Gasteiger partial charge in [0.15, 0.2) is 0 Å². The molecule has 0 amide bonds. The first-order valence-corrected chi connectivity index (χ1v) is 7.45. The Morgan fingerprint density at radius 3 is 1.69 bits per heavy atom. The van der Waals surface area contributed by atoms with Crippen molar-refractivity contribution in [1.82, 2.24) is 0 Å². The molecule has 0 heterocycles. The van der Waals surface area contributed by atoms with E-state index in [1.165, 1.54) is 19.3 Å². The Balaban J connectivity index is 1.70. The van der Waals surface area contributed by atoms with Crippen LogP contribution in [-0.4, -0.2) is 6.54 Å². The van der Waals surface area contributed by atoms with Gasteiger partial charge in [-0.1, -0.05) is 6.42 Å². The summed E-state index contributed by atoms with van der Waals surface area (Å²) in [5.41, 5.74) is 7.51. The molecule has 0 aliphatic heterocycles. The Morgan fingerprint density at radius 1 is 0.875 bits per heavy atom. The van der Waals surface area contributed by atoms with E-state index in [-0.39, 0.29) is 0 Å². The highest BCUT2D eigenvalue weighted by atomic mass is 14.7. The lowest BCUT2D eigenvalue weighted by atomic mass is 9.39. The van der Waals surface area contributed by atoms with E-state index < -0.39 is 0 Å². The number of nitrogens with two attached hydrogens (primary N) is 1. The summed E-state index contributed by atoms with van der Waals surface area (Å²) in [6.45, 7) is 0.985. The fourth-order valence-corrected chi connectivity index (χ4v) is 6.31. The molecule has 0 radical (unpaired) electrons. The van der Waals surface area contributed by atoms with Crippen LogP contribution in [0.25, 0.3) is 0 Å². The summed E-state index contributed by atoms with van der Waals surface area (Å²) >= 11 is 0. The topological polar surface area (TPSA) is 26.0 Å². The van der Waals surface area contributed by atoms with Crippen molar-refractivity contribution in [1.29, 1.82) is 0 Å². The van der Waals surface area contributed by atoms with Gasteiger partial charge in [-0.15, -0.1) is 0 Å². The summed E-state index contributed by atoms with van der Waals surface area (Å²) in [5.74, 6) is 3.28. The highest BCUT2D eigenvalue weighted by Gasteiger charge is 2.61. The molecule has 5 saturated carbocycles. The fourth-order valence-electron chi connectivity index (χ4n) is 6.31. The van der Waals surface area contributed by atoms with Crippen LogP contribution in [0, 0.1) is 28.6 Å². The van der Waals surface area contributed by atoms with Gasteiger partial charge in [-0.25, -0.2) is 0 Å². The maximum absolute atomic E-state index is 6.19. The average molecular weight is 219 g/mol. The molecule has 16 heavy (non-hydrogen) atoms. The van der Waals surface area contributed by atoms with Crippen LogP contribution in [-0.2, 0) is 0 Å². The van der Waals surface area contributed by atoms with E-state index in [2.05, 4.69) is 0 Å². The molecule has 1 heteroatoms. The molecule has 2 N–H and O–H groups in total. The second kappa shape index (κ2) is 3.04. The molecule has 0 spiro atoms. The first-order valence-electron chi connectivity index (χ1n) is 7.45. The maximum Gasteiger partial charge on any atom is -0.00152 e. The van der Waals surface area contributed by atoms with Crippen molar-refractivity contribution >= 4 is 0 Å². The van der Waals surface area contributed by atoms with E-state index in [0.717, 1.165) is 29.7 Å². The van der Waals surface area contributed by atoms with Gasteiger partial charge in [0, 0.05) is 0 Å². The lowest BCUT2D eigenvalue weighted by molar-refractivity contribution is -0.158. The first-order chi connectivity index (χ1) is 7.75. The maximum atomic E-state index is 6.19. The van der Waals surface area contributed by atoms with E-state index >= 15 is 0 Å². The average Bonchev–Trinajstić information content (AvgIpc) is 2.13. The molecule has 0 saturated heterocycles. The van der Waals surface area contributed by atoms with Crippen molar-refractivity contribution in [2.24, 2.45) is 34.3 Å². The van der Waals surface area contributed by atoms with Crippen LogP contribution < -0.4 is 5.73 Å². The molecular weight excluding hydrogens is 194 g/mol. The minimum Gasteiger partial charge on any atom is -0.330 e. The fraction of sp³-hybridized carbons (Fsp3) is 1.00. The Morgan fingerprint density at radius 2 is 1.38 bits per heavy atom. The van der Waals surface area contributed by atoms with Gasteiger partial charge in [-0.05, 0) is 86.5 Å². The van der Waals surface area contributed by atoms with Crippen molar-refractivity contribution in [3.8, 4) is 0 Å². The van der Waals surface area contributed by atoms with Crippen molar-refractivity contribution in [3.63, 3.8) is 0 Å². The summed E-state index contributed by atoms with van der Waals surface area (Å²) in [6, 6.07) is 0. The van der Waals surface area contributed by atoms with Crippen LogP contribution in [0.3, 0.4) is 0 Å². The minimum atomic E-state index is 0.600. The summed E-state index contributed by atoms with van der Waals surface area (Å²) in [4.78, 5) is 0. The molecular formula is C15H25N. The van der Waals surface area contributed by atoms with Crippen molar-refractivity contribution in [2.45, 2.75) is 57.8 Å². The number of rotatable bonds is 2. The van der Waals surface area contributed by atoms with Crippen molar-refractivity contribution in [3.05, 3.63) is 0 Å². The van der Waals surface area contributed by atoms with Crippen LogP contribution >= 0.6 is 0 Å². The van der Waals surface area contributed by atoms with E-state index in [1.54, 1.807) is 38.5 Å². The van der Waals surface area contributed by atoms with Crippen LogP contribution in [0.1, 0.15) is 57.8 Å². The third-order valence-corrected chi connectivity index (χ3v) is 6.86. The number of hydrogen-bond donors (Lipinski definition) is 1. The van der Waals surface area contributed by atoms with Crippen LogP contribution in [0.5, 0.6) is 0 Å². The van der Waals surface area contributed by atoms with Gasteiger partial charge in [0.1, 0.15) is 0 Å². The molecule has 0 unspecified atom stereocenters. The van der Waals surface area contributed by atoms with Gasteiger partial charge in [0.2, 0.25) is 0 Å². The molecule has 0 atom stereocenters. The zero-order chi connectivity index (χ0) is 10.8. The monoisotopic (exact) mass is 219 g/mol. The van der Waals surface area contributed by atoms with E-state index in [9.17, 15) is 0 Å². The highest BCUT2D eigenvalue weighted by Crippen LogP contribution is 2.70. The minimum absolute atomic E-state index is 0.600. The largest absolute Gasteiger partial charge is 0.330 e. The molecule has 5 rings (SSSR count). The zero-order valence-corrected chi connectivity index (χ0v) is 10.4. The Hall–Kier alpha value is -0.0400. The SMILES string of the molecule is NCC1(C23CC4CC(CC(C4)C2)C3)CCC1. The third-order valence-electron chi connectivity index (χ3n) is 6.86. The predicted octanol–water partition coefficient (Wildman–Crippen LogP) is 3.33. The molecule has 90 valence electrons. The molecule has 5 aliphatic rings. The summed E-state index contributed by atoms with van der Waals surface area (Å²) in [6.07, 6.45) is 13.7. The van der Waals surface area contributed by atoms with Gasteiger partial charge in [-0.3, -0.25) is 0 Å². The van der Waals surface area contributed by atoms with Gasteiger partial charge in [0.25, 0.3) is 0 Å². The normalized spacial score (nSPS) is 52.7. The molecule has 1 nitrogen and oxygen atoms in total. The van der Waals surface area contributed by atoms with Gasteiger partial charge in [-0.2, -0.15) is 0 Å². The molecule has 0 aromatic rings. The standard InChI is InChI=1S/C15H25N/c16-10-14(2-1-3-14)15-7-11-4-12(8-15)6-13(5-11)9-15/h11-13H,1-10,16H2. The lowest BCUT2D eigenvalue weighted by Crippen LogP contribution is -2.59. The van der Waals surface area contributed by atoms with E-state index in [0.29, 0.717) is 5.41 Å². The zero-order valence-electron chi connectivity index (χ0n) is 10.4. The smallest absolute Gasteiger partial charge is 0.00152 e. The molecule has 0 aromatic carbocycles. The summed E-state index contributed by atoms with van der Waals surface area (Å²) in [5, 5.41) is 0. The number of hydrogen-bond acceptors (Lipinski definition) is 1. The first kappa shape index (κ1) is 9.94. The molecule has 4 bridgehead atoms. The Kier molecular flexibility index (Phi) is 1.89. The third kappa shape index (κ3) is 1.06. The quantitative estimate of drug-likeness (QED) is 0.757. The lowest BCUT2D eigenvalue weighted by Gasteiger charge is -2.66. The van der Waals surface area contributed by atoms with Crippen LogP contribution in [0.15, 0.2) is 0 Å². The Labute approximate surface area is 99.2 Å². The van der Waals surface area contributed by atoms with Crippen LogP contribution in [0.2, 0.25) is 0 Å². The van der Waals surface area contributed by atoms with Crippen molar-refractivity contribution in [2.75, 3.05) is 6.54 Å².